The van der Waals surface area contributed by atoms with E-state index in [-0.39, 0.29) is 5.41 Å². The molecule has 1 aliphatic rings. The minimum absolute atomic E-state index is 0.242. The summed E-state index contributed by atoms with van der Waals surface area (Å²) in [6.45, 7) is 8.95. The Morgan fingerprint density at radius 3 is 2.28 bits per heavy atom. The summed E-state index contributed by atoms with van der Waals surface area (Å²) in [6, 6.07) is 0. The Balaban J connectivity index is 2.90. The molecule has 0 radical (unpaired) electrons. The van der Waals surface area contributed by atoms with Crippen LogP contribution in [0.4, 0.5) is 0 Å². The first kappa shape index (κ1) is 15.5. The molecule has 0 saturated carbocycles. The van der Waals surface area contributed by atoms with Gasteiger partial charge in [0.25, 0.3) is 0 Å². The normalized spacial score (nSPS) is 24.8. The lowest BCUT2D eigenvalue weighted by atomic mass is 9.68. The second kappa shape index (κ2) is 7.11. The van der Waals surface area contributed by atoms with Crippen molar-refractivity contribution in [1.29, 1.82) is 0 Å². The van der Waals surface area contributed by atoms with E-state index in [1.54, 1.807) is 0 Å². The Bertz CT molecular complexity index is 314. The molecule has 0 saturated heterocycles. The molecule has 0 N–H and O–H groups in total. The number of ketones is 1. The standard InChI is InChI=1S/C17H30O/c1-5-8-10-14-12-17(4,11-7-3)13-16(18)15(14)9-6-2/h5-13H2,1-4H3. The minimum atomic E-state index is 0.242. The van der Waals surface area contributed by atoms with Gasteiger partial charge in [-0.3, -0.25) is 4.79 Å². The fourth-order valence-electron chi connectivity index (χ4n) is 3.35. The highest BCUT2D eigenvalue weighted by Gasteiger charge is 2.34. The Hall–Kier alpha value is -0.590. The molecule has 1 nitrogen and oxygen atoms in total. The average Bonchev–Trinajstić information content (AvgIpc) is 2.30. The highest BCUT2D eigenvalue weighted by atomic mass is 16.1. The molecule has 0 fully saturated rings. The van der Waals surface area contributed by atoms with Gasteiger partial charge in [-0.2, -0.15) is 0 Å². The summed E-state index contributed by atoms with van der Waals surface area (Å²) < 4.78 is 0. The number of carbonyl (C=O) groups is 1. The molecule has 18 heavy (non-hydrogen) atoms. The van der Waals surface area contributed by atoms with Gasteiger partial charge in [0.1, 0.15) is 0 Å². The van der Waals surface area contributed by atoms with Gasteiger partial charge >= 0.3 is 0 Å². The van der Waals surface area contributed by atoms with Gasteiger partial charge in [0.05, 0.1) is 0 Å². The van der Waals surface area contributed by atoms with Crippen molar-refractivity contribution in [3.8, 4) is 0 Å². The van der Waals surface area contributed by atoms with E-state index >= 15 is 0 Å². The molecule has 0 aromatic heterocycles. The number of hydrogen-bond donors (Lipinski definition) is 0. The van der Waals surface area contributed by atoms with Crippen LogP contribution in [-0.4, -0.2) is 5.78 Å². The van der Waals surface area contributed by atoms with Crippen LogP contribution >= 0.6 is 0 Å². The van der Waals surface area contributed by atoms with Crippen molar-refractivity contribution in [1.82, 2.24) is 0 Å². The average molecular weight is 250 g/mol. The Morgan fingerprint density at radius 1 is 1.00 bits per heavy atom. The molecule has 0 bridgehead atoms. The third kappa shape index (κ3) is 3.96. The molecule has 0 heterocycles. The quantitative estimate of drug-likeness (QED) is 0.587. The molecule has 1 atom stereocenters. The van der Waals surface area contributed by atoms with Crippen molar-refractivity contribution in [3.05, 3.63) is 11.1 Å². The predicted molar refractivity (Wildman–Crippen MR) is 78.7 cm³/mol. The fraction of sp³-hybridized carbons (Fsp3) is 0.824. The SMILES string of the molecule is CCCCC1=C(CCC)C(=O)CC(C)(CCC)C1. The van der Waals surface area contributed by atoms with E-state index in [0.717, 1.165) is 25.7 Å². The lowest BCUT2D eigenvalue weighted by Gasteiger charge is -2.35. The van der Waals surface area contributed by atoms with Crippen LogP contribution in [0.1, 0.15) is 85.5 Å². The van der Waals surface area contributed by atoms with Crippen molar-refractivity contribution in [3.63, 3.8) is 0 Å². The van der Waals surface area contributed by atoms with Crippen LogP contribution < -0.4 is 0 Å². The summed E-state index contributed by atoms with van der Waals surface area (Å²) in [5, 5.41) is 0. The third-order valence-corrected chi connectivity index (χ3v) is 4.18. The van der Waals surface area contributed by atoms with Crippen molar-refractivity contribution >= 4 is 5.78 Å². The van der Waals surface area contributed by atoms with Crippen molar-refractivity contribution in [2.45, 2.75) is 85.5 Å². The Kier molecular flexibility index (Phi) is 6.11. The van der Waals surface area contributed by atoms with Crippen LogP contribution in [0.2, 0.25) is 0 Å². The highest BCUT2D eigenvalue weighted by molar-refractivity contribution is 5.97. The van der Waals surface area contributed by atoms with E-state index in [2.05, 4.69) is 27.7 Å². The molecule has 0 spiro atoms. The van der Waals surface area contributed by atoms with Crippen molar-refractivity contribution in [2.75, 3.05) is 0 Å². The Morgan fingerprint density at radius 2 is 1.72 bits per heavy atom. The second-order valence-corrected chi connectivity index (χ2v) is 6.27. The van der Waals surface area contributed by atoms with Gasteiger partial charge in [-0.05, 0) is 43.1 Å². The summed E-state index contributed by atoms with van der Waals surface area (Å²) >= 11 is 0. The number of carbonyl (C=O) groups excluding carboxylic acids is 1. The van der Waals surface area contributed by atoms with Gasteiger partial charge in [0.15, 0.2) is 5.78 Å². The van der Waals surface area contributed by atoms with Crippen molar-refractivity contribution < 1.29 is 4.79 Å². The molecule has 104 valence electrons. The summed E-state index contributed by atoms with van der Waals surface area (Å²) in [5.41, 5.74) is 2.93. The van der Waals surface area contributed by atoms with E-state index in [4.69, 9.17) is 0 Å². The maximum atomic E-state index is 12.4. The zero-order valence-corrected chi connectivity index (χ0v) is 12.8. The van der Waals surface area contributed by atoms with Crippen LogP contribution in [0.25, 0.3) is 0 Å². The molecular weight excluding hydrogens is 220 g/mol. The molecule has 1 rings (SSSR count). The maximum Gasteiger partial charge on any atom is 0.159 e. The summed E-state index contributed by atoms with van der Waals surface area (Å²) in [4.78, 5) is 12.4. The minimum Gasteiger partial charge on any atom is -0.295 e. The van der Waals surface area contributed by atoms with Crippen LogP contribution in [0.5, 0.6) is 0 Å². The van der Waals surface area contributed by atoms with E-state index in [9.17, 15) is 4.79 Å². The highest BCUT2D eigenvalue weighted by Crippen LogP contribution is 2.43. The third-order valence-electron chi connectivity index (χ3n) is 4.18. The van der Waals surface area contributed by atoms with Crippen LogP contribution in [0.15, 0.2) is 11.1 Å². The smallest absolute Gasteiger partial charge is 0.159 e. The lowest BCUT2D eigenvalue weighted by molar-refractivity contribution is -0.118. The molecule has 1 heteroatoms. The van der Waals surface area contributed by atoms with Crippen LogP contribution in [-0.2, 0) is 4.79 Å². The topological polar surface area (TPSA) is 17.1 Å². The first-order valence-corrected chi connectivity index (χ1v) is 7.80. The predicted octanol–water partition coefficient (Wildman–Crippen LogP) is 5.44. The van der Waals surface area contributed by atoms with Gasteiger partial charge in [0.2, 0.25) is 0 Å². The van der Waals surface area contributed by atoms with Gasteiger partial charge in [0, 0.05) is 6.42 Å². The summed E-state index contributed by atoms with van der Waals surface area (Å²) in [5.74, 6) is 0.449. The maximum absolute atomic E-state index is 12.4. The van der Waals surface area contributed by atoms with E-state index in [1.807, 2.05) is 0 Å². The van der Waals surface area contributed by atoms with Gasteiger partial charge in [-0.1, -0.05) is 52.5 Å². The zero-order valence-electron chi connectivity index (χ0n) is 12.8. The largest absolute Gasteiger partial charge is 0.295 e. The zero-order chi connectivity index (χ0) is 13.6. The molecular formula is C17H30O. The summed E-state index contributed by atoms with van der Waals surface area (Å²) in [7, 11) is 0. The van der Waals surface area contributed by atoms with Crippen LogP contribution in [0, 0.1) is 5.41 Å². The second-order valence-electron chi connectivity index (χ2n) is 6.27. The molecule has 0 aromatic rings. The summed E-state index contributed by atoms with van der Waals surface area (Å²) in [6.07, 6.45) is 10.0. The lowest BCUT2D eigenvalue weighted by Crippen LogP contribution is -2.28. The van der Waals surface area contributed by atoms with Gasteiger partial charge in [-0.25, -0.2) is 0 Å². The number of unbranched alkanes of at least 4 members (excludes halogenated alkanes) is 1. The van der Waals surface area contributed by atoms with Gasteiger partial charge < -0.3 is 0 Å². The van der Waals surface area contributed by atoms with E-state index < -0.39 is 0 Å². The first-order chi connectivity index (χ1) is 8.56. The van der Waals surface area contributed by atoms with E-state index in [1.165, 1.54) is 43.3 Å². The first-order valence-electron chi connectivity index (χ1n) is 7.80. The fourth-order valence-corrected chi connectivity index (χ4v) is 3.35. The molecule has 1 unspecified atom stereocenters. The molecule has 0 aliphatic heterocycles. The number of rotatable bonds is 7. The van der Waals surface area contributed by atoms with Gasteiger partial charge in [-0.15, -0.1) is 0 Å². The van der Waals surface area contributed by atoms with E-state index in [0.29, 0.717) is 5.78 Å². The monoisotopic (exact) mass is 250 g/mol. The number of hydrogen-bond acceptors (Lipinski definition) is 1. The van der Waals surface area contributed by atoms with Crippen LogP contribution in [0.3, 0.4) is 0 Å². The Labute approximate surface area is 113 Å². The molecule has 1 aliphatic carbocycles. The molecule has 0 amide bonds. The van der Waals surface area contributed by atoms with Crippen molar-refractivity contribution in [2.24, 2.45) is 5.41 Å². The number of Topliss-reactive ketones (excluding diaryl/α,β-unsaturated/α-hetero) is 1. The number of allylic oxidation sites excluding steroid dienone is 2. The molecule has 0 aromatic carbocycles.